The van der Waals surface area contributed by atoms with Gasteiger partial charge in [0, 0.05) is 5.37 Å². The Hall–Kier alpha value is -0.397. The second kappa shape index (κ2) is 12.0. The van der Waals surface area contributed by atoms with Crippen LogP contribution in [0.3, 0.4) is 0 Å². The fraction of sp³-hybridized carbons (Fsp3) is 0.600. The van der Waals surface area contributed by atoms with Crippen molar-refractivity contribution >= 4 is 20.2 Å². The van der Waals surface area contributed by atoms with Crippen LogP contribution in [-0.4, -0.2) is 43.2 Å². The average molecular weight is 428 g/mol. The van der Waals surface area contributed by atoms with E-state index in [1.807, 2.05) is 0 Å². The molecule has 2 unspecified atom stereocenters. The van der Waals surface area contributed by atoms with Gasteiger partial charge < -0.3 is 21.6 Å². The minimum Gasteiger partial charge on any atom is -0.670 e. The number of hydrogen-bond donors (Lipinski definition) is 2. The molecule has 0 aliphatic carbocycles. The van der Waals surface area contributed by atoms with Crippen molar-refractivity contribution in [1.82, 2.24) is 0 Å². The van der Waals surface area contributed by atoms with Crippen LogP contribution < -0.4 is 0 Å². The average Bonchev–Trinajstić information content (AvgIpc) is 2.40. The zero-order valence-corrected chi connectivity index (χ0v) is 17.0. The number of piperidine rings is 1. The molecule has 0 aromatic heterocycles. The molecule has 0 aromatic carbocycles. The largest absolute Gasteiger partial charge is 2.00 e. The topological polar surface area (TPSA) is 203 Å². The first-order valence-corrected chi connectivity index (χ1v) is 8.84. The molecule has 0 saturated carbocycles. The van der Waals surface area contributed by atoms with Gasteiger partial charge in [-0.1, -0.05) is 37.5 Å². The fourth-order valence-corrected chi connectivity index (χ4v) is 2.84. The zero-order valence-electron chi connectivity index (χ0n) is 12.4. The van der Waals surface area contributed by atoms with E-state index in [2.05, 4.69) is 10.6 Å². The van der Waals surface area contributed by atoms with Gasteiger partial charge in [0.05, 0.1) is 0 Å². The van der Waals surface area contributed by atoms with Crippen molar-refractivity contribution in [3.8, 4) is 0 Å². The van der Waals surface area contributed by atoms with E-state index in [0.29, 0.717) is 13.0 Å². The van der Waals surface area contributed by atoms with Crippen LogP contribution in [0.2, 0.25) is 0 Å². The zero-order chi connectivity index (χ0) is 15.2. The SMILES string of the molecule is O=S(=O)(O)C1C=CC=C[N-]1.O=S(=O)(O)C1CCCC[N-]1.[OH3+].[OH3+].[Zn+2]. The van der Waals surface area contributed by atoms with Crippen molar-refractivity contribution < 1.29 is 56.4 Å². The molecule has 23 heavy (non-hydrogen) atoms. The number of hydrogen-bond acceptors (Lipinski definition) is 4. The fourth-order valence-electron chi connectivity index (χ4n) is 1.57. The second-order valence-corrected chi connectivity index (χ2v) is 7.24. The molecule has 1 saturated heterocycles. The van der Waals surface area contributed by atoms with Crippen LogP contribution in [0.15, 0.2) is 24.4 Å². The summed E-state index contributed by atoms with van der Waals surface area (Å²) in [4.78, 5) is 0. The Morgan fingerprint density at radius 1 is 0.957 bits per heavy atom. The van der Waals surface area contributed by atoms with E-state index >= 15 is 0 Å². The third-order valence-electron chi connectivity index (χ3n) is 2.55. The minimum atomic E-state index is -4.03. The molecule has 0 aromatic rings. The van der Waals surface area contributed by atoms with Crippen LogP contribution in [0.25, 0.3) is 10.6 Å². The first kappa shape index (κ1) is 27.5. The van der Waals surface area contributed by atoms with Gasteiger partial charge in [0.2, 0.25) is 10.1 Å². The molecule has 2 heterocycles. The molecule has 1 fully saturated rings. The van der Waals surface area contributed by atoms with Crippen molar-refractivity contribution in [3.05, 3.63) is 35.1 Å². The van der Waals surface area contributed by atoms with Gasteiger partial charge in [-0.15, -0.1) is 6.54 Å². The Morgan fingerprint density at radius 3 is 1.83 bits per heavy atom. The van der Waals surface area contributed by atoms with Gasteiger partial charge in [0.25, 0.3) is 10.1 Å². The van der Waals surface area contributed by atoms with E-state index in [4.69, 9.17) is 9.11 Å². The van der Waals surface area contributed by atoms with Crippen LogP contribution >= 0.6 is 0 Å². The molecule has 0 spiro atoms. The van der Waals surface area contributed by atoms with Crippen molar-refractivity contribution in [2.24, 2.45) is 0 Å². The van der Waals surface area contributed by atoms with Crippen molar-refractivity contribution in [1.29, 1.82) is 0 Å². The van der Waals surface area contributed by atoms with Gasteiger partial charge in [-0.3, -0.25) is 9.11 Å². The molecule has 0 radical (unpaired) electrons. The van der Waals surface area contributed by atoms with E-state index in [1.54, 1.807) is 6.08 Å². The van der Waals surface area contributed by atoms with Crippen molar-refractivity contribution in [2.75, 3.05) is 6.54 Å². The van der Waals surface area contributed by atoms with Crippen molar-refractivity contribution in [2.45, 2.75) is 30.0 Å². The Labute approximate surface area is 148 Å². The van der Waals surface area contributed by atoms with Gasteiger partial charge in [0.15, 0.2) is 0 Å². The normalized spacial score (nSPS) is 22.9. The summed E-state index contributed by atoms with van der Waals surface area (Å²) >= 11 is 0. The first-order chi connectivity index (χ1) is 9.21. The Balaban J connectivity index is -0.000000308. The predicted molar refractivity (Wildman–Crippen MR) is 84.1 cm³/mol. The molecule has 2 atom stereocenters. The Kier molecular flexibility index (Phi) is 14.4. The molecule has 8 N–H and O–H groups in total. The smallest absolute Gasteiger partial charge is 0.670 e. The Bertz CT molecular complexity index is 570. The summed E-state index contributed by atoms with van der Waals surface area (Å²) < 4.78 is 58.6. The van der Waals surface area contributed by atoms with Gasteiger partial charge in [-0.05, 0) is 5.37 Å². The van der Waals surface area contributed by atoms with Gasteiger partial charge in [0.1, 0.15) is 0 Å². The molecule has 2 aliphatic heterocycles. The van der Waals surface area contributed by atoms with E-state index < -0.39 is 31.0 Å². The van der Waals surface area contributed by atoms with Crippen LogP contribution in [-0.2, 0) is 50.7 Å². The summed E-state index contributed by atoms with van der Waals surface area (Å²) in [5.74, 6) is 0. The standard InChI is InChI=1S/C5H10NO3S.C5H6NO3S.2H2O.Zn/c2*7-10(8,9)5-3-1-2-4-6-5;;;/h5H,1-4H2,(H,7,8,9);1-5H,(H,7,8,9);2*1H2;/q2*-1;;;+2/p+2. The van der Waals surface area contributed by atoms with E-state index in [0.717, 1.165) is 12.8 Å². The van der Waals surface area contributed by atoms with Crippen LogP contribution in [0.4, 0.5) is 0 Å². The van der Waals surface area contributed by atoms with Crippen molar-refractivity contribution in [3.63, 3.8) is 0 Å². The third kappa shape index (κ3) is 10.9. The summed E-state index contributed by atoms with van der Waals surface area (Å²) in [6.45, 7) is 0.560. The summed E-state index contributed by atoms with van der Waals surface area (Å²) in [5, 5.41) is 5.30. The number of nitrogens with zero attached hydrogens (tertiary/aromatic N) is 2. The maximum atomic E-state index is 10.4. The quantitative estimate of drug-likeness (QED) is 0.339. The first-order valence-electron chi connectivity index (χ1n) is 5.84. The van der Waals surface area contributed by atoms with Crippen LogP contribution in [0, 0.1) is 0 Å². The minimum absolute atomic E-state index is 0. The van der Waals surface area contributed by atoms with E-state index in [1.165, 1.54) is 18.4 Å². The molecule has 2 rings (SSSR count). The second-order valence-electron chi connectivity index (χ2n) is 4.15. The Morgan fingerprint density at radius 2 is 1.57 bits per heavy atom. The predicted octanol–water partition coefficient (Wildman–Crippen LogP) is -0.431. The van der Waals surface area contributed by atoms with Crippen LogP contribution in [0.5, 0.6) is 0 Å². The molecular formula is C10H22N2O8S2Zn+2. The van der Waals surface area contributed by atoms with E-state index in [9.17, 15) is 16.8 Å². The van der Waals surface area contributed by atoms with Crippen LogP contribution in [0.1, 0.15) is 19.3 Å². The maximum absolute atomic E-state index is 10.4. The number of allylic oxidation sites excluding steroid dienone is 2. The summed E-state index contributed by atoms with van der Waals surface area (Å²) in [6.07, 6.45) is 7.99. The third-order valence-corrected chi connectivity index (χ3v) is 4.51. The monoisotopic (exact) mass is 426 g/mol. The molecule has 13 heteroatoms. The summed E-state index contributed by atoms with van der Waals surface area (Å²) in [5.41, 5.74) is 0. The summed E-state index contributed by atoms with van der Waals surface area (Å²) in [7, 11) is -7.92. The summed E-state index contributed by atoms with van der Waals surface area (Å²) in [6, 6.07) is 0. The molecule has 132 valence electrons. The van der Waals surface area contributed by atoms with Gasteiger partial charge >= 0.3 is 19.5 Å². The van der Waals surface area contributed by atoms with Gasteiger partial charge in [-0.25, -0.2) is 16.8 Å². The maximum Gasteiger partial charge on any atom is 2.00 e. The van der Waals surface area contributed by atoms with E-state index in [-0.39, 0.29) is 30.4 Å². The molecule has 10 nitrogen and oxygen atoms in total. The molecule has 2 aliphatic rings. The number of rotatable bonds is 2. The molecular weight excluding hydrogens is 406 g/mol. The molecule has 0 amide bonds. The van der Waals surface area contributed by atoms with Gasteiger partial charge in [-0.2, -0.15) is 6.20 Å². The molecule has 0 bridgehead atoms.